The molecule has 0 bridgehead atoms. The average Bonchev–Trinajstić information content (AvgIpc) is 2.80. The Morgan fingerprint density at radius 1 is 1.44 bits per heavy atom. The van der Waals surface area contributed by atoms with Crippen molar-refractivity contribution < 1.29 is 9.63 Å². The van der Waals surface area contributed by atoms with Gasteiger partial charge in [0.05, 0.1) is 5.56 Å². The van der Waals surface area contributed by atoms with Crippen LogP contribution in [0.1, 0.15) is 6.92 Å². The first-order valence-electron chi connectivity index (χ1n) is 4.69. The first-order chi connectivity index (χ1) is 7.77. The Hall–Kier alpha value is -1.88. The van der Waals surface area contributed by atoms with Crippen molar-refractivity contribution in [2.45, 2.75) is 6.92 Å². The van der Waals surface area contributed by atoms with E-state index in [-0.39, 0.29) is 5.91 Å². The number of nitrogens with zero attached hydrogens (tertiary/aromatic N) is 1. The highest BCUT2D eigenvalue weighted by Gasteiger charge is 2.08. The first kappa shape index (κ1) is 10.6. The summed E-state index contributed by atoms with van der Waals surface area (Å²) < 4.78 is 0. The van der Waals surface area contributed by atoms with Crippen LogP contribution in [-0.4, -0.2) is 10.9 Å². The molecular weight excluding hydrogens is 224 g/mol. The lowest BCUT2D eigenvalue weighted by atomic mass is 10.2. The monoisotopic (exact) mass is 234 g/mol. The summed E-state index contributed by atoms with van der Waals surface area (Å²) in [5.74, 6) is 0.349. The molecule has 2 aromatic rings. The summed E-state index contributed by atoms with van der Waals surface area (Å²) in [5.41, 5.74) is 3.17. The third-order valence-corrected chi connectivity index (χ3v) is 2.66. The van der Waals surface area contributed by atoms with Gasteiger partial charge in [-0.15, -0.1) is 11.3 Å². The number of para-hydroxylation sites is 1. The largest absolute Gasteiger partial charge is 0.379 e. The summed E-state index contributed by atoms with van der Waals surface area (Å²) in [4.78, 5) is 20.2. The third kappa shape index (κ3) is 2.38. The summed E-state index contributed by atoms with van der Waals surface area (Å²) in [6.45, 7) is 1.39. The zero-order valence-corrected chi connectivity index (χ0v) is 9.45. The minimum absolute atomic E-state index is 0.242. The molecule has 1 aromatic heterocycles. The molecule has 0 aliphatic rings. The van der Waals surface area contributed by atoms with Crippen molar-refractivity contribution in [1.29, 1.82) is 0 Å². The molecule has 0 unspecified atom stereocenters. The van der Waals surface area contributed by atoms with E-state index in [2.05, 4.69) is 10.5 Å². The van der Waals surface area contributed by atoms with Crippen LogP contribution in [0.15, 0.2) is 35.8 Å². The Bertz CT molecular complexity index is 482. The van der Waals surface area contributed by atoms with Gasteiger partial charge in [0.15, 0.2) is 5.75 Å². The molecule has 5 heteroatoms. The SMILES string of the molecule is CC(=O)NOc1ccccc1-c1nccs1. The van der Waals surface area contributed by atoms with Crippen molar-refractivity contribution in [2.75, 3.05) is 0 Å². The molecule has 1 amide bonds. The second-order valence-corrected chi connectivity index (χ2v) is 3.99. The highest BCUT2D eigenvalue weighted by atomic mass is 32.1. The van der Waals surface area contributed by atoms with Gasteiger partial charge in [0, 0.05) is 18.5 Å². The van der Waals surface area contributed by atoms with Gasteiger partial charge in [0.1, 0.15) is 5.01 Å². The van der Waals surface area contributed by atoms with E-state index in [4.69, 9.17) is 4.84 Å². The summed E-state index contributed by atoms with van der Waals surface area (Å²) in [6.07, 6.45) is 1.73. The Morgan fingerprint density at radius 2 is 2.25 bits per heavy atom. The van der Waals surface area contributed by atoms with Crippen molar-refractivity contribution in [1.82, 2.24) is 10.5 Å². The zero-order valence-electron chi connectivity index (χ0n) is 8.64. The number of carbonyl (C=O) groups excluding carboxylic acids is 1. The number of amides is 1. The minimum atomic E-state index is -0.242. The molecule has 0 fully saturated rings. The smallest absolute Gasteiger partial charge is 0.249 e. The Kier molecular flexibility index (Phi) is 3.16. The third-order valence-electron chi connectivity index (χ3n) is 1.85. The average molecular weight is 234 g/mol. The number of hydrogen-bond acceptors (Lipinski definition) is 4. The molecule has 0 saturated carbocycles. The fourth-order valence-corrected chi connectivity index (χ4v) is 1.88. The van der Waals surface area contributed by atoms with Gasteiger partial charge in [-0.3, -0.25) is 4.79 Å². The quantitative estimate of drug-likeness (QED) is 0.829. The summed E-state index contributed by atoms with van der Waals surface area (Å²) in [6, 6.07) is 7.42. The van der Waals surface area contributed by atoms with E-state index in [1.54, 1.807) is 12.3 Å². The highest BCUT2D eigenvalue weighted by molar-refractivity contribution is 7.13. The zero-order chi connectivity index (χ0) is 11.4. The molecule has 0 spiro atoms. The van der Waals surface area contributed by atoms with E-state index >= 15 is 0 Å². The number of carbonyl (C=O) groups is 1. The van der Waals surface area contributed by atoms with Crippen LogP contribution in [-0.2, 0) is 4.79 Å². The molecule has 0 atom stereocenters. The van der Waals surface area contributed by atoms with Gasteiger partial charge >= 0.3 is 0 Å². The van der Waals surface area contributed by atoms with E-state index in [9.17, 15) is 4.79 Å². The van der Waals surface area contributed by atoms with Crippen LogP contribution in [0.3, 0.4) is 0 Å². The fraction of sp³-hybridized carbons (Fsp3) is 0.0909. The van der Waals surface area contributed by atoms with E-state index < -0.39 is 0 Å². The van der Waals surface area contributed by atoms with Gasteiger partial charge < -0.3 is 4.84 Å². The number of nitrogens with one attached hydrogen (secondary N) is 1. The molecular formula is C11H10N2O2S. The Labute approximate surface area is 96.9 Å². The van der Waals surface area contributed by atoms with Crippen LogP contribution in [0.2, 0.25) is 0 Å². The van der Waals surface area contributed by atoms with Crippen molar-refractivity contribution in [3.05, 3.63) is 35.8 Å². The minimum Gasteiger partial charge on any atom is -0.379 e. The maximum atomic E-state index is 10.8. The van der Waals surface area contributed by atoms with Crippen molar-refractivity contribution in [2.24, 2.45) is 0 Å². The predicted molar refractivity (Wildman–Crippen MR) is 62.0 cm³/mol. The van der Waals surface area contributed by atoms with Crippen LogP contribution in [0.5, 0.6) is 5.75 Å². The molecule has 82 valence electrons. The maximum absolute atomic E-state index is 10.8. The van der Waals surface area contributed by atoms with Crippen molar-refractivity contribution in [3.63, 3.8) is 0 Å². The summed E-state index contributed by atoms with van der Waals surface area (Å²) in [5, 5.41) is 2.76. The van der Waals surface area contributed by atoms with Gasteiger partial charge in [-0.1, -0.05) is 12.1 Å². The van der Waals surface area contributed by atoms with E-state index in [0.29, 0.717) is 5.75 Å². The lowest BCUT2D eigenvalue weighted by Crippen LogP contribution is -2.23. The van der Waals surface area contributed by atoms with E-state index in [0.717, 1.165) is 10.6 Å². The highest BCUT2D eigenvalue weighted by Crippen LogP contribution is 2.30. The number of hydrogen-bond donors (Lipinski definition) is 1. The molecule has 2 rings (SSSR count). The summed E-state index contributed by atoms with van der Waals surface area (Å²) >= 11 is 1.52. The van der Waals surface area contributed by atoms with Crippen LogP contribution >= 0.6 is 11.3 Å². The molecule has 16 heavy (non-hydrogen) atoms. The van der Waals surface area contributed by atoms with Gasteiger partial charge in [-0.25, -0.2) is 4.98 Å². The normalized spacial score (nSPS) is 9.81. The van der Waals surface area contributed by atoms with E-state index in [1.165, 1.54) is 18.3 Å². The number of hydroxylamine groups is 1. The lowest BCUT2D eigenvalue weighted by molar-refractivity contribution is -0.125. The molecule has 0 radical (unpaired) electrons. The summed E-state index contributed by atoms with van der Waals surface area (Å²) in [7, 11) is 0. The molecule has 0 aliphatic heterocycles. The predicted octanol–water partition coefficient (Wildman–Crippen LogP) is 2.24. The number of benzene rings is 1. The van der Waals surface area contributed by atoms with Crippen LogP contribution in [0, 0.1) is 0 Å². The Balaban J connectivity index is 2.27. The number of thiazole rings is 1. The standard InChI is InChI=1S/C11H10N2O2S/c1-8(14)13-15-10-5-3-2-4-9(10)11-12-6-7-16-11/h2-7H,1H3,(H,13,14). The molecule has 0 aliphatic carbocycles. The fourth-order valence-electron chi connectivity index (χ4n) is 1.22. The van der Waals surface area contributed by atoms with Crippen LogP contribution in [0.25, 0.3) is 10.6 Å². The van der Waals surface area contributed by atoms with Gasteiger partial charge in [-0.2, -0.15) is 5.48 Å². The maximum Gasteiger partial charge on any atom is 0.249 e. The van der Waals surface area contributed by atoms with Crippen LogP contribution < -0.4 is 10.3 Å². The number of aromatic nitrogens is 1. The second-order valence-electron chi connectivity index (χ2n) is 3.09. The van der Waals surface area contributed by atoms with Gasteiger partial charge in [-0.05, 0) is 12.1 Å². The van der Waals surface area contributed by atoms with Gasteiger partial charge in [0.2, 0.25) is 5.91 Å². The lowest BCUT2D eigenvalue weighted by Gasteiger charge is -2.08. The molecule has 1 heterocycles. The molecule has 1 N–H and O–H groups in total. The van der Waals surface area contributed by atoms with Crippen molar-refractivity contribution in [3.8, 4) is 16.3 Å². The van der Waals surface area contributed by atoms with Gasteiger partial charge in [0.25, 0.3) is 0 Å². The van der Waals surface area contributed by atoms with Crippen molar-refractivity contribution >= 4 is 17.2 Å². The first-order valence-corrected chi connectivity index (χ1v) is 5.57. The molecule has 4 nitrogen and oxygen atoms in total. The topological polar surface area (TPSA) is 51.2 Å². The van der Waals surface area contributed by atoms with Crippen LogP contribution in [0.4, 0.5) is 0 Å². The number of rotatable bonds is 3. The molecule has 0 saturated heterocycles. The Morgan fingerprint density at radius 3 is 2.94 bits per heavy atom. The second kappa shape index (κ2) is 4.76. The van der Waals surface area contributed by atoms with E-state index in [1.807, 2.05) is 23.6 Å². The molecule has 1 aromatic carbocycles.